The number of thiocarbonyl (C=S) groups is 1. The summed E-state index contributed by atoms with van der Waals surface area (Å²) in [5, 5.41) is 20.7. The van der Waals surface area contributed by atoms with E-state index in [2.05, 4.69) is 5.32 Å². The van der Waals surface area contributed by atoms with Gasteiger partial charge < -0.3 is 15.5 Å². The predicted molar refractivity (Wildman–Crippen MR) is 112 cm³/mol. The molecule has 0 spiro atoms. The number of nitrogens with zero attached hydrogens (tertiary/aromatic N) is 1. The third-order valence-electron chi connectivity index (χ3n) is 4.08. The van der Waals surface area contributed by atoms with E-state index in [1.54, 1.807) is 35.2 Å². The van der Waals surface area contributed by atoms with E-state index in [0.717, 1.165) is 12.0 Å². The molecule has 1 aromatic rings. The third-order valence-corrected chi connectivity index (χ3v) is 5.45. The highest BCUT2D eigenvalue weighted by molar-refractivity contribution is 8.26. The minimum Gasteiger partial charge on any atom is -0.508 e. The molecular weight excluding hydrogens is 400 g/mol. The van der Waals surface area contributed by atoms with Crippen LogP contribution in [-0.4, -0.2) is 49.8 Å². The van der Waals surface area contributed by atoms with Crippen LogP contribution < -0.4 is 5.32 Å². The van der Waals surface area contributed by atoms with E-state index in [-0.39, 0.29) is 24.0 Å². The van der Waals surface area contributed by atoms with Crippen molar-refractivity contribution in [3.8, 4) is 5.75 Å². The van der Waals surface area contributed by atoms with E-state index in [1.165, 1.54) is 18.7 Å². The summed E-state index contributed by atoms with van der Waals surface area (Å²) in [6, 6.07) is 5.73. The maximum atomic E-state index is 12.5. The average molecular weight is 423 g/mol. The maximum Gasteiger partial charge on any atom is 0.325 e. The molecule has 2 amide bonds. The number of amides is 2. The Labute approximate surface area is 172 Å². The largest absolute Gasteiger partial charge is 0.508 e. The van der Waals surface area contributed by atoms with Gasteiger partial charge in [0.2, 0.25) is 5.91 Å². The number of carboxylic acids is 1. The number of aliphatic carboxylic acids is 1. The second kappa shape index (κ2) is 10.2. The molecule has 0 bridgehead atoms. The molecule has 0 aromatic heterocycles. The summed E-state index contributed by atoms with van der Waals surface area (Å²) in [7, 11) is 0. The number of unbranched alkanes of at least 4 members (excludes halogenated alkanes) is 2. The number of benzene rings is 1. The first kappa shape index (κ1) is 21.9. The summed E-state index contributed by atoms with van der Waals surface area (Å²) in [6.07, 6.45) is 3.96. The van der Waals surface area contributed by atoms with Crippen LogP contribution in [0.5, 0.6) is 5.75 Å². The molecule has 1 atom stereocenters. The number of aromatic hydroxyl groups is 1. The quantitative estimate of drug-likeness (QED) is 0.319. The van der Waals surface area contributed by atoms with Crippen LogP contribution in [-0.2, 0) is 14.4 Å². The maximum absolute atomic E-state index is 12.5. The van der Waals surface area contributed by atoms with Crippen LogP contribution in [0.25, 0.3) is 6.08 Å². The van der Waals surface area contributed by atoms with Gasteiger partial charge in [0.25, 0.3) is 5.91 Å². The van der Waals surface area contributed by atoms with E-state index in [0.29, 0.717) is 28.6 Å². The van der Waals surface area contributed by atoms with E-state index >= 15 is 0 Å². The number of thioether (sulfide) groups is 1. The molecule has 28 heavy (non-hydrogen) atoms. The van der Waals surface area contributed by atoms with Gasteiger partial charge >= 0.3 is 5.97 Å². The molecule has 1 aliphatic rings. The molecule has 1 aliphatic heterocycles. The number of hydrogen-bond acceptors (Lipinski definition) is 6. The molecule has 0 aliphatic carbocycles. The first-order chi connectivity index (χ1) is 13.3. The van der Waals surface area contributed by atoms with Crippen LogP contribution >= 0.6 is 24.0 Å². The van der Waals surface area contributed by atoms with E-state index in [1.807, 2.05) is 0 Å². The fourth-order valence-corrected chi connectivity index (χ4v) is 3.87. The summed E-state index contributed by atoms with van der Waals surface area (Å²) in [5.41, 5.74) is 0.724. The molecule has 1 saturated heterocycles. The number of hydrogen-bond donors (Lipinski definition) is 3. The van der Waals surface area contributed by atoms with Gasteiger partial charge in [-0.25, -0.2) is 0 Å². The molecule has 2 rings (SSSR count). The minimum absolute atomic E-state index is 0.131. The normalized spacial score (nSPS) is 16.5. The van der Waals surface area contributed by atoms with Crippen molar-refractivity contribution >= 4 is 52.2 Å². The number of nitrogens with one attached hydrogen (secondary N) is 1. The lowest BCUT2D eigenvalue weighted by atomic mass is 10.1. The Bertz CT molecular complexity index is 809. The molecule has 0 saturated carbocycles. The van der Waals surface area contributed by atoms with Gasteiger partial charge in [0.15, 0.2) is 0 Å². The van der Waals surface area contributed by atoms with Crippen molar-refractivity contribution < 1.29 is 24.6 Å². The van der Waals surface area contributed by atoms with Crippen molar-refractivity contribution in [1.29, 1.82) is 0 Å². The smallest absolute Gasteiger partial charge is 0.325 e. The van der Waals surface area contributed by atoms with Crippen LogP contribution in [0.15, 0.2) is 29.2 Å². The number of phenols is 1. The van der Waals surface area contributed by atoms with Crippen LogP contribution in [0.2, 0.25) is 0 Å². The van der Waals surface area contributed by atoms with Crippen molar-refractivity contribution in [2.24, 2.45) is 0 Å². The Hall–Kier alpha value is -2.39. The molecule has 9 heteroatoms. The van der Waals surface area contributed by atoms with Gasteiger partial charge in [0.1, 0.15) is 16.1 Å². The van der Waals surface area contributed by atoms with Crippen LogP contribution in [0, 0.1) is 0 Å². The lowest BCUT2D eigenvalue weighted by Crippen LogP contribution is -2.38. The van der Waals surface area contributed by atoms with Crippen molar-refractivity contribution in [3.05, 3.63) is 34.7 Å². The SMILES string of the molecule is CC(NC(=O)CCCCCN1C(=O)/C(=C/c2cccc(O)c2)SC1=S)C(=O)O. The molecule has 150 valence electrons. The summed E-state index contributed by atoms with van der Waals surface area (Å²) in [5.74, 6) is -1.39. The topological polar surface area (TPSA) is 107 Å². The van der Waals surface area contributed by atoms with Gasteiger partial charge in [-0.05, 0) is 43.5 Å². The van der Waals surface area contributed by atoms with Crippen LogP contribution in [0.1, 0.15) is 38.2 Å². The molecule has 3 N–H and O–H groups in total. The van der Waals surface area contributed by atoms with Gasteiger partial charge in [0.05, 0.1) is 4.91 Å². The first-order valence-corrected chi connectivity index (χ1v) is 10.1. The fourth-order valence-electron chi connectivity index (χ4n) is 2.57. The zero-order chi connectivity index (χ0) is 20.7. The van der Waals surface area contributed by atoms with Crippen LogP contribution in [0.4, 0.5) is 0 Å². The second-order valence-corrected chi connectivity index (χ2v) is 8.04. The Morgan fingerprint density at radius 1 is 1.32 bits per heavy atom. The molecular formula is C19H22N2O5S2. The molecule has 1 aromatic carbocycles. The number of rotatable bonds is 9. The minimum atomic E-state index is -1.07. The van der Waals surface area contributed by atoms with Crippen molar-refractivity contribution in [2.75, 3.05) is 6.54 Å². The van der Waals surface area contributed by atoms with Crippen molar-refractivity contribution in [3.63, 3.8) is 0 Å². The summed E-state index contributed by atoms with van der Waals surface area (Å²) in [6.45, 7) is 1.88. The Morgan fingerprint density at radius 3 is 2.75 bits per heavy atom. The lowest BCUT2D eigenvalue weighted by Gasteiger charge is -2.14. The highest BCUT2D eigenvalue weighted by Gasteiger charge is 2.31. The van der Waals surface area contributed by atoms with Gasteiger partial charge in [-0.3, -0.25) is 19.3 Å². The lowest BCUT2D eigenvalue weighted by molar-refractivity contribution is -0.141. The number of carbonyl (C=O) groups is 3. The third kappa shape index (κ3) is 6.35. The predicted octanol–water partition coefficient (Wildman–Crippen LogP) is 2.74. The van der Waals surface area contributed by atoms with E-state index < -0.39 is 12.0 Å². The average Bonchev–Trinajstić information content (AvgIpc) is 2.88. The van der Waals surface area contributed by atoms with Gasteiger partial charge in [-0.15, -0.1) is 0 Å². The van der Waals surface area contributed by atoms with Crippen molar-refractivity contribution in [2.45, 2.75) is 38.6 Å². The number of carbonyl (C=O) groups excluding carboxylic acids is 2. The summed E-state index contributed by atoms with van der Waals surface area (Å²) in [4.78, 5) is 36.9. The van der Waals surface area contributed by atoms with Gasteiger partial charge in [0, 0.05) is 13.0 Å². The Balaban J connectivity index is 1.77. The second-order valence-electron chi connectivity index (χ2n) is 6.37. The molecule has 0 radical (unpaired) electrons. The molecule has 7 nitrogen and oxygen atoms in total. The highest BCUT2D eigenvalue weighted by atomic mass is 32.2. The van der Waals surface area contributed by atoms with Gasteiger partial charge in [-0.1, -0.05) is 42.5 Å². The molecule has 1 fully saturated rings. The Morgan fingerprint density at radius 2 is 2.07 bits per heavy atom. The summed E-state index contributed by atoms with van der Waals surface area (Å²) >= 11 is 6.51. The fraction of sp³-hybridized carbons (Fsp3) is 0.368. The molecule has 1 unspecified atom stereocenters. The zero-order valence-corrected chi connectivity index (χ0v) is 17.0. The monoisotopic (exact) mass is 422 g/mol. The summed E-state index contributed by atoms with van der Waals surface area (Å²) < 4.78 is 0.490. The van der Waals surface area contributed by atoms with E-state index in [4.69, 9.17) is 17.3 Å². The van der Waals surface area contributed by atoms with Gasteiger partial charge in [-0.2, -0.15) is 0 Å². The standard InChI is InChI=1S/C19H22N2O5S2/c1-12(18(25)26)20-16(23)8-3-2-4-9-21-17(24)15(28-19(21)27)11-13-6-5-7-14(22)10-13/h5-7,10-12,22H,2-4,8-9H2,1H3,(H,20,23)(H,25,26)/b15-11-. The number of phenolic OH excluding ortho intramolecular Hbond substituents is 1. The molecule has 1 heterocycles. The first-order valence-electron chi connectivity index (χ1n) is 8.84. The zero-order valence-electron chi connectivity index (χ0n) is 15.4. The van der Waals surface area contributed by atoms with Crippen molar-refractivity contribution in [1.82, 2.24) is 10.2 Å². The van der Waals surface area contributed by atoms with E-state index in [9.17, 15) is 19.5 Å². The highest BCUT2D eigenvalue weighted by Crippen LogP contribution is 2.33. The number of carboxylic acid groups (broad SMARTS) is 1. The Kier molecular flexibility index (Phi) is 8.01. The van der Waals surface area contributed by atoms with Crippen LogP contribution in [0.3, 0.4) is 0 Å².